The van der Waals surface area contributed by atoms with Gasteiger partial charge in [0.15, 0.2) is 5.65 Å². The van der Waals surface area contributed by atoms with Crippen LogP contribution in [0, 0.1) is 13.8 Å². The van der Waals surface area contributed by atoms with Crippen molar-refractivity contribution >= 4 is 21.6 Å². The summed E-state index contributed by atoms with van der Waals surface area (Å²) in [7, 11) is 1.80. The molecule has 0 amide bonds. The minimum Gasteiger partial charge on any atom is -0.272 e. The lowest BCUT2D eigenvalue weighted by atomic mass is 10.1. The van der Waals surface area contributed by atoms with Gasteiger partial charge in [-0.05, 0) is 35.8 Å². The maximum absolute atomic E-state index is 13.3. The number of hydrogen-bond acceptors (Lipinski definition) is 3. The highest BCUT2D eigenvalue weighted by atomic mass is 79.9. The molecule has 110 valence electrons. The summed E-state index contributed by atoms with van der Waals surface area (Å²) in [6.45, 7) is 3.61. The highest BCUT2D eigenvalue weighted by Gasteiger charge is 2.20. The smallest absolute Gasteiger partial charge is 0.272 e. The lowest BCUT2D eigenvalue weighted by Gasteiger charge is -2.07. The quantitative estimate of drug-likeness (QED) is 0.707. The maximum Gasteiger partial charge on any atom is 0.280 e. The van der Waals surface area contributed by atoms with Crippen LogP contribution in [0.15, 0.2) is 16.7 Å². The average Bonchev–Trinajstić information content (AvgIpc) is 2.91. The Hall–Kier alpha value is -1.83. The predicted octanol–water partition coefficient (Wildman–Crippen LogP) is 3.45. The Morgan fingerprint density at radius 2 is 2.00 bits per heavy atom. The van der Waals surface area contributed by atoms with Crippen LogP contribution in [-0.2, 0) is 7.05 Å². The van der Waals surface area contributed by atoms with Gasteiger partial charge < -0.3 is 0 Å². The van der Waals surface area contributed by atoms with E-state index in [2.05, 4.69) is 31.1 Å². The molecule has 8 heteroatoms. The lowest BCUT2D eigenvalue weighted by Crippen LogP contribution is -2.03. The Balaban J connectivity index is 2.35. The summed E-state index contributed by atoms with van der Waals surface area (Å²) in [5.41, 5.74) is 2.86. The van der Waals surface area contributed by atoms with Crippen LogP contribution in [-0.4, -0.2) is 24.4 Å². The average molecular weight is 356 g/mol. The van der Waals surface area contributed by atoms with E-state index < -0.39 is 6.43 Å². The molecule has 0 spiro atoms. The highest BCUT2D eigenvalue weighted by Crippen LogP contribution is 2.30. The molecule has 0 saturated heterocycles. The van der Waals surface area contributed by atoms with Gasteiger partial charge in [-0.25, -0.2) is 18.3 Å². The normalized spacial score (nSPS) is 11.8. The molecule has 0 atom stereocenters. The number of rotatable bonds is 2. The first-order valence-electron chi connectivity index (χ1n) is 6.23. The molecular formula is C13H12BrF2N5. The molecule has 3 heterocycles. The summed E-state index contributed by atoms with van der Waals surface area (Å²) < 4.78 is 30.1. The molecule has 0 N–H and O–H groups in total. The Kier molecular flexibility index (Phi) is 3.27. The molecule has 0 aromatic carbocycles. The van der Waals surface area contributed by atoms with E-state index in [4.69, 9.17) is 0 Å². The molecule has 3 aromatic rings. The molecule has 5 nitrogen and oxygen atoms in total. The van der Waals surface area contributed by atoms with Crippen LogP contribution in [0.5, 0.6) is 0 Å². The molecule has 0 radical (unpaired) electrons. The molecule has 0 aliphatic rings. The number of alkyl halides is 2. The fourth-order valence-electron chi connectivity index (χ4n) is 2.16. The van der Waals surface area contributed by atoms with Crippen LogP contribution >= 0.6 is 15.9 Å². The highest BCUT2D eigenvalue weighted by molar-refractivity contribution is 9.10. The van der Waals surface area contributed by atoms with Gasteiger partial charge in [0.2, 0.25) is 0 Å². The minimum atomic E-state index is -2.64. The number of fused-ring (bicyclic) bond motifs is 1. The second-order valence-electron chi connectivity index (χ2n) is 4.77. The number of nitrogens with zero attached hydrogens (tertiary/aromatic N) is 5. The Labute approximate surface area is 127 Å². The molecular weight excluding hydrogens is 344 g/mol. The van der Waals surface area contributed by atoms with Crippen molar-refractivity contribution < 1.29 is 8.78 Å². The molecule has 0 bridgehead atoms. The van der Waals surface area contributed by atoms with Crippen molar-refractivity contribution in [2.24, 2.45) is 7.05 Å². The first-order valence-corrected chi connectivity index (χ1v) is 7.02. The maximum atomic E-state index is 13.3. The zero-order valence-corrected chi connectivity index (χ0v) is 13.2. The number of hydrogen-bond donors (Lipinski definition) is 0. The van der Waals surface area contributed by atoms with Crippen LogP contribution in [0.25, 0.3) is 16.9 Å². The standard InChI is InChI=1S/C13H12BrF2N5/c1-6-11(14)13-18-9(8-5-17-20(3)7(8)2)4-10(12(15)16)21(13)19-6/h4-5,12H,1-3H3. The summed E-state index contributed by atoms with van der Waals surface area (Å²) in [6, 6.07) is 1.36. The van der Waals surface area contributed by atoms with Crippen molar-refractivity contribution in [2.45, 2.75) is 20.3 Å². The van der Waals surface area contributed by atoms with Crippen molar-refractivity contribution in [3.63, 3.8) is 0 Å². The van der Waals surface area contributed by atoms with E-state index in [0.717, 1.165) is 11.3 Å². The van der Waals surface area contributed by atoms with Crippen molar-refractivity contribution in [1.82, 2.24) is 24.4 Å². The van der Waals surface area contributed by atoms with Crippen molar-refractivity contribution in [1.29, 1.82) is 0 Å². The first-order chi connectivity index (χ1) is 9.90. The summed E-state index contributed by atoms with van der Waals surface area (Å²) in [6.07, 6.45) is -1.02. The second-order valence-corrected chi connectivity index (χ2v) is 5.56. The van der Waals surface area contributed by atoms with Gasteiger partial charge in [0.25, 0.3) is 6.43 Å². The van der Waals surface area contributed by atoms with Gasteiger partial charge in [-0.1, -0.05) is 0 Å². The van der Waals surface area contributed by atoms with Gasteiger partial charge in [0.1, 0.15) is 5.69 Å². The third-order valence-corrected chi connectivity index (χ3v) is 4.38. The van der Waals surface area contributed by atoms with Gasteiger partial charge >= 0.3 is 0 Å². The molecule has 0 saturated carbocycles. The SMILES string of the molecule is Cc1nn2c(C(F)F)cc(-c3cnn(C)c3C)nc2c1Br. The fourth-order valence-corrected chi connectivity index (χ4v) is 2.50. The van der Waals surface area contributed by atoms with Gasteiger partial charge in [-0.3, -0.25) is 4.68 Å². The molecule has 3 aromatic heterocycles. The molecule has 3 rings (SSSR count). The van der Waals surface area contributed by atoms with E-state index in [1.54, 1.807) is 24.9 Å². The van der Waals surface area contributed by atoms with Crippen molar-refractivity contribution in [3.05, 3.63) is 33.8 Å². The monoisotopic (exact) mass is 355 g/mol. The number of aryl methyl sites for hydroxylation is 2. The third-order valence-electron chi connectivity index (χ3n) is 3.45. The van der Waals surface area contributed by atoms with Gasteiger partial charge in [0, 0.05) is 18.3 Å². The predicted molar refractivity (Wildman–Crippen MR) is 77.3 cm³/mol. The number of halogens is 3. The lowest BCUT2D eigenvalue weighted by molar-refractivity contribution is 0.143. The van der Waals surface area contributed by atoms with E-state index in [-0.39, 0.29) is 5.69 Å². The van der Waals surface area contributed by atoms with E-state index in [9.17, 15) is 8.78 Å². The molecule has 0 aliphatic heterocycles. The summed E-state index contributed by atoms with van der Waals surface area (Å²) in [5, 5.41) is 8.23. The van der Waals surface area contributed by atoms with Gasteiger partial charge in [0.05, 0.1) is 22.1 Å². The van der Waals surface area contributed by atoms with Gasteiger partial charge in [-0.15, -0.1) is 0 Å². The van der Waals surface area contributed by atoms with E-state index in [1.165, 1.54) is 10.6 Å². The van der Waals surface area contributed by atoms with Crippen molar-refractivity contribution in [2.75, 3.05) is 0 Å². The Bertz CT molecular complexity index is 837. The van der Waals surface area contributed by atoms with E-state index in [0.29, 0.717) is 21.5 Å². The van der Waals surface area contributed by atoms with E-state index in [1.807, 2.05) is 6.92 Å². The van der Waals surface area contributed by atoms with Crippen LogP contribution in [0.1, 0.15) is 23.5 Å². The molecule has 21 heavy (non-hydrogen) atoms. The zero-order valence-electron chi connectivity index (χ0n) is 11.6. The zero-order chi connectivity index (χ0) is 15.3. The first kappa shape index (κ1) is 14.1. The Morgan fingerprint density at radius 1 is 1.29 bits per heavy atom. The minimum absolute atomic E-state index is 0.188. The Morgan fingerprint density at radius 3 is 2.57 bits per heavy atom. The molecule has 0 unspecified atom stereocenters. The van der Waals surface area contributed by atoms with Crippen LogP contribution in [0.2, 0.25) is 0 Å². The van der Waals surface area contributed by atoms with Crippen LogP contribution in [0.4, 0.5) is 8.78 Å². The van der Waals surface area contributed by atoms with E-state index >= 15 is 0 Å². The molecule has 0 fully saturated rings. The van der Waals surface area contributed by atoms with Crippen molar-refractivity contribution in [3.8, 4) is 11.3 Å². The summed E-state index contributed by atoms with van der Waals surface area (Å²) >= 11 is 3.35. The van der Waals surface area contributed by atoms with Gasteiger partial charge in [-0.2, -0.15) is 10.2 Å². The molecule has 0 aliphatic carbocycles. The largest absolute Gasteiger partial charge is 0.280 e. The summed E-state index contributed by atoms with van der Waals surface area (Å²) in [5.74, 6) is 0. The fraction of sp³-hybridized carbons (Fsp3) is 0.308. The summed E-state index contributed by atoms with van der Waals surface area (Å²) in [4.78, 5) is 4.45. The topological polar surface area (TPSA) is 48.0 Å². The second kappa shape index (κ2) is 4.87. The van der Waals surface area contributed by atoms with Crippen LogP contribution in [0.3, 0.4) is 0 Å². The number of aromatic nitrogens is 5. The van der Waals surface area contributed by atoms with Crippen LogP contribution < -0.4 is 0 Å². The third kappa shape index (κ3) is 2.14.